The number of aromatic hydroxyl groups is 2. The topological polar surface area (TPSA) is 121 Å². The number of carbonyl (C=O) groups is 2. The van der Waals surface area contributed by atoms with Crippen molar-refractivity contribution in [2.75, 3.05) is 0 Å². The number of carboxylic acid groups (broad SMARTS) is 1. The van der Waals surface area contributed by atoms with Gasteiger partial charge in [0, 0.05) is 6.42 Å². The van der Waals surface area contributed by atoms with Crippen LogP contribution in [0.5, 0.6) is 11.5 Å². The Morgan fingerprint density at radius 1 is 1.24 bits per heavy atom. The summed E-state index contributed by atoms with van der Waals surface area (Å²) in [6.45, 7) is 0. The van der Waals surface area contributed by atoms with Gasteiger partial charge in [0.2, 0.25) is 5.91 Å². The molecule has 17 heavy (non-hydrogen) atoms. The van der Waals surface area contributed by atoms with E-state index in [1.165, 1.54) is 12.2 Å². The zero-order valence-corrected chi connectivity index (χ0v) is 8.75. The monoisotopic (exact) mass is 237 g/mol. The minimum atomic E-state index is -1.26. The van der Waals surface area contributed by atoms with E-state index in [0.29, 0.717) is 0 Å². The van der Waals surface area contributed by atoms with Crippen LogP contribution in [0.1, 0.15) is 22.3 Å². The van der Waals surface area contributed by atoms with Crippen molar-refractivity contribution >= 4 is 18.0 Å². The number of aromatic carboxylic acids is 1. The summed E-state index contributed by atoms with van der Waals surface area (Å²) in [5, 5.41) is 27.7. The minimum Gasteiger partial charge on any atom is -0.507 e. The van der Waals surface area contributed by atoms with Gasteiger partial charge in [-0.1, -0.05) is 12.2 Å². The molecule has 0 aliphatic heterocycles. The smallest absolute Gasteiger partial charge is 0.335 e. The van der Waals surface area contributed by atoms with Crippen molar-refractivity contribution < 1.29 is 24.9 Å². The maximum Gasteiger partial charge on any atom is 0.335 e. The molecule has 0 unspecified atom stereocenters. The molecule has 90 valence electrons. The minimum absolute atomic E-state index is 0.0382. The molecule has 1 aromatic carbocycles. The summed E-state index contributed by atoms with van der Waals surface area (Å²) in [5.74, 6) is -2.59. The highest BCUT2D eigenvalue weighted by atomic mass is 16.4. The summed E-state index contributed by atoms with van der Waals surface area (Å²) < 4.78 is 0. The highest BCUT2D eigenvalue weighted by Crippen LogP contribution is 2.30. The average molecular weight is 237 g/mol. The number of nitrogens with two attached hydrogens (primary N) is 1. The summed E-state index contributed by atoms with van der Waals surface area (Å²) in [4.78, 5) is 21.1. The maximum atomic E-state index is 10.6. The number of rotatable bonds is 4. The van der Waals surface area contributed by atoms with Crippen LogP contribution in [0.4, 0.5) is 0 Å². The second-order valence-corrected chi connectivity index (χ2v) is 3.31. The van der Waals surface area contributed by atoms with Gasteiger partial charge in [-0.2, -0.15) is 0 Å². The molecule has 0 atom stereocenters. The Bertz CT molecular complexity index is 470. The summed E-state index contributed by atoms with van der Waals surface area (Å²) in [5.41, 5.74) is 4.71. The predicted octanol–water partition coefficient (Wildman–Crippen LogP) is 0.685. The molecule has 0 radical (unpaired) electrons. The van der Waals surface area contributed by atoms with Gasteiger partial charge in [-0.05, 0) is 12.1 Å². The Balaban J connectivity index is 3.05. The number of primary amides is 1. The van der Waals surface area contributed by atoms with Crippen molar-refractivity contribution in [3.63, 3.8) is 0 Å². The predicted molar refractivity (Wildman–Crippen MR) is 59.6 cm³/mol. The highest BCUT2D eigenvalue weighted by Gasteiger charge is 2.11. The Kier molecular flexibility index (Phi) is 3.71. The molecule has 0 aliphatic carbocycles. The number of carbonyl (C=O) groups excluding carboxylic acids is 1. The number of hydrogen-bond acceptors (Lipinski definition) is 4. The van der Waals surface area contributed by atoms with E-state index >= 15 is 0 Å². The van der Waals surface area contributed by atoms with Crippen LogP contribution in [0.2, 0.25) is 0 Å². The van der Waals surface area contributed by atoms with Crippen LogP contribution in [-0.4, -0.2) is 27.2 Å². The van der Waals surface area contributed by atoms with E-state index < -0.39 is 11.9 Å². The van der Waals surface area contributed by atoms with Gasteiger partial charge in [-0.25, -0.2) is 4.79 Å². The molecule has 0 saturated carbocycles. The first-order valence-electron chi connectivity index (χ1n) is 4.66. The average Bonchev–Trinajstić information content (AvgIpc) is 2.21. The van der Waals surface area contributed by atoms with Crippen molar-refractivity contribution in [1.82, 2.24) is 0 Å². The van der Waals surface area contributed by atoms with Crippen LogP contribution < -0.4 is 5.73 Å². The lowest BCUT2D eigenvalue weighted by atomic mass is 10.1. The van der Waals surface area contributed by atoms with E-state index in [2.05, 4.69) is 0 Å². The van der Waals surface area contributed by atoms with Crippen molar-refractivity contribution in [3.8, 4) is 11.5 Å². The summed E-state index contributed by atoms with van der Waals surface area (Å²) >= 11 is 0. The van der Waals surface area contributed by atoms with Crippen LogP contribution in [0.3, 0.4) is 0 Å². The molecular formula is C11H11NO5. The van der Waals surface area contributed by atoms with Gasteiger partial charge in [0.25, 0.3) is 0 Å². The van der Waals surface area contributed by atoms with E-state index in [0.717, 1.165) is 12.1 Å². The van der Waals surface area contributed by atoms with Crippen LogP contribution in [0.15, 0.2) is 18.2 Å². The Morgan fingerprint density at radius 2 is 1.76 bits per heavy atom. The summed E-state index contributed by atoms with van der Waals surface area (Å²) in [7, 11) is 0. The van der Waals surface area contributed by atoms with Crippen LogP contribution in [0, 0.1) is 0 Å². The molecule has 0 bridgehead atoms. The van der Waals surface area contributed by atoms with Gasteiger partial charge in [-0.15, -0.1) is 0 Å². The van der Waals surface area contributed by atoms with Crippen molar-refractivity contribution in [2.24, 2.45) is 5.73 Å². The van der Waals surface area contributed by atoms with Crippen LogP contribution >= 0.6 is 0 Å². The number of phenolic OH excluding ortho intramolecular Hbond substituents is 2. The van der Waals surface area contributed by atoms with Gasteiger partial charge >= 0.3 is 5.97 Å². The number of hydrogen-bond donors (Lipinski definition) is 4. The van der Waals surface area contributed by atoms with Crippen LogP contribution in [0.25, 0.3) is 6.08 Å². The third-order valence-corrected chi connectivity index (χ3v) is 1.99. The van der Waals surface area contributed by atoms with Crippen molar-refractivity contribution in [2.45, 2.75) is 6.42 Å². The lowest BCUT2D eigenvalue weighted by molar-refractivity contribution is -0.117. The van der Waals surface area contributed by atoms with Gasteiger partial charge in [-0.3, -0.25) is 4.79 Å². The molecular weight excluding hydrogens is 226 g/mol. The fourth-order valence-electron chi connectivity index (χ4n) is 1.21. The first-order chi connectivity index (χ1) is 7.91. The SMILES string of the molecule is NC(=O)CC=Cc1c(O)cc(C(=O)O)cc1O. The van der Waals surface area contributed by atoms with E-state index in [1.54, 1.807) is 0 Å². The third-order valence-electron chi connectivity index (χ3n) is 1.99. The maximum absolute atomic E-state index is 10.6. The molecule has 0 heterocycles. The largest absolute Gasteiger partial charge is 0.507 e. The summed E-state index contributed by atoms with van der Waals surface area (Å²) in [6, 6.07) is 2.01. The lowest BCUT2D eigenvalue weighted by Gasteiger charge is -2.04. The normalized spacial score (nSPS) is 10.6. The Labute approximate surface area is 96.6 Å². The fourth-order valence-corrected chi connectivity index (χ4v) is 1.21. The van der Waals surface area contributed by atoms with Gasteiger partial charge in [0.1, 0.15) is 11.5 Å². The zero-order chi connectivity index (χ0) is 13.0. The molecule has 1 aromatic rings. The molecule has 6 heteroatoms. The second kappa shape index (κ2) is 5.02. The number of phenols is 2. The molecule has 1 amide bonds. The zero-order valence-electron chi connectivity index (χ0n) is 8.75. The molecule has 6 nitrogen and oxygen atoms in total. The second-order valence-electron chi connectivity index (χ2n) is 3.31. The molecule has 0 saturated heterocycles. The number of carboxylic acids is 1. The van der Waals surface area contributed by atoms with Crippen LogP contribution in [-0.2, 0) is 4.79 Å². The van der Waals surface area contributed by atoms with Crippen molar-refractivity contribution in [1.29, 1.82) is 0 Å². The Hall–Kier alpha value is -2.50. The van der Waals surface area contributed by atoms with E-state index in [1.807, 2.05) is 0 Å². The first-order valence-corrected chi connectivity index (χ1v) is 4.66. The Morgan fingerprint density at radius 3 is 2.18 bits per heavy atom. The van der Waals surface area contributed by atoms with Gasteiger partial charge in [0.05, 0.1) is 11.1 Å². The molecule has 5 N–H and O–H groups in total. The summed E-state index contributed by atoms with van der Waals surface area (Å²) in [6.07, 6.45) is 2.61. The highest BCUT2D eigenvalue weighted by molar-refractivity contribution is 5.90. The van der Waals surface area contributed by atoms with Gasteiger partial charge in [0.15, 0.2) is 0 Å². The quantitative estimate of drug-likeness (QED) is 0.613. The van der Waals surface area contributed by atoms with E-state index in [-0.39, 0.29) is 29.0 Å². The molecule has 0 aliphatic rings. The van der Waals surface area contributed by atoms with E-state index in [4.69, 9.17) is 10.8 Å². The fraction of sp³-hybridized carbons (Fsp3) is 0.0909. The van der Waals surface area contributed by atoms with Crippen molar-refractivity contribution in [3.05, 3.63) is 29.3 Å². The standard InChI is InChI=1S/C11H11NO5/c12-10(15)3-1-2-7-8(13)4-6(11(16)17)5-9(7)14/h1-2,4-5,13-14H,3H2,(H2,12,15)(H,16,17). The third kappa shape index (κ3) is 3.23. The number of amides is 1. The lowest BCUT2D eigenvalue weighted by Crippen LogP contribution is -2.07. The van der Waals surface area contributed by atoms with E-state index in [9.17, 15) is 19.8 Å². The first kappa shape index (κ1) is 12.6. The van der Waals surface area contributed by atoms with Gasteiger partial charge < -0.3 is 21.1 Å². The molecule has 0 aromatic heterocycles. The number of benzene rings is 1. The molecule has 0 fully saturated rings. The molecule has 1 rings (SSSR count). The molecule has 0 spiro atoms.